The maximum Gasteiger partial charge on any atom is 0.253 e. The highest BCUT2D eigenvalue weighted by Crippen LogP contribution is 2.29. The number of carbonyl (C=O) groups excluding carboxylic acids is 1. The van der Waals surface area contributed by atoms with E-state index >= 15 is 0 Å². The fourth-order valence-corrected chi connectivity index (χ4v) is 2.86. The molecule has 3 rings (SSSR count). The summed E-state index contributed by atoms with van der Waals surface area (Å²) in [6.45, 7) is 1.44. The molecule has 0 saturated heterocycles. The highest BCUT2D eigenvalue weighted by molar-refractivity contribution is 5.94. The second kappa shape index (κ2) is 4.85. The SMILES string of the molecule is CN(CC1CC(O)C1)C(=O)c1ccc2c(c1)CCO2. The van der Waals surface area contributed by atoms with Crippen LogP contribution in [0.25, 0.3) is 0 Å². The normalized spacial score (nSPS) is 24.3. The molecule has 4 heteroatoms. The van der Waals surface area contributed by atoms with Crippen LogP contribution in [-0.4, -0.2) is 42.2 Å². The lowest BCUT2D eigenvalue weighted by atomic mass is 9.82. The third-order valence-corrected chi connectivity index (χ3v) is 4.03. The fraction of sp³-hybridized carbons (Fsp3) is 0.533. The number of aliphatic hydroxyl groups excluding tert-OH is 1. The maximum atomic E-state index is 12.3. The number of ether oxygens (including phenoxy) is 1. The minimum absolute atomic E-state index is 0.0519. The Morgan fingerprint density at radius 1 is 1.47 bits per heavy atom. The molecule has 2 aliphatic rings. The molecule has 0 unspecified atom stereocenters. The van der Waals surface area contributed by atoms with Gasteiger partial charge in [-0.2, -0.15) is 0 Å². The molecule has 1 saturated carbocycles. The Bertz CT molecular complexity index is 494. The number of carbonyl (C=O) groups is 1. The van der Waals surface area contributed by atoms with E-state index in [1.807, 2.05) is 25.2 Å². The van der Waals surface area contributed by atoms with Gasteiger partial charge >= 0.3 is 0 Å². The van der Waals surface area contributed by atoms with Gasteiger partial charge < -0.3 is 14.7 Å². The summed E-state index contributed by atoms with van der Waals surface area (Å²) in [5.74, 6) is 1.40. The summed E-state index contributed by atoms with van der Waals surface area (Å²) in [5.41, 5.74) is 1.85. The van der Waals surface area contributed by atoms with E-state index in [1.54, 1.807) is 4.90 Å². The fourth-order valence-electron chi connectivity index (χ4n) is 2.86. The number of nitrogens with zero attached hydrogens (tertiary/aromatic N) is 1. The first-order valence-electron chi connectivity index (χ1n) is 6.82. The third-order valence-electron chi connectivity index (χ3n) is 4.03. The molecule has 0 aromatic heterocycles. The summed E-state index contributed by atoms with van der Waals surface area (Å²) in [6, 6.07) is 5.66. The van der Waals surface area contributed by atoms with Crippen molar-refractivity contribution in [3.8, 4) is 5.75 Å². The molecule has 1 amide bonds. The quantitative estimate of drug-likeness (QED) is 0.896. The zero-order chi connectivity index (χ0) is 13.4. The first-order valence-corrected chi connectivity index (χ1v) is 6.82. The Hall–Kier alpha value is -1.55. The zero-order valence-electron chi connectivity index (χ0n) is 11.1. The third kappa shape index (κ3) is 2.45. The summed E-state index contributed by atoms with van der Waals surface area (Å²) in [4.78, 5) is 14.1. The molecule has 1 N–H and O–H groups in total. The van der Waals surface area contributed by atoms with Gasteiger partial charge in [-0.1, -0.05) is 0 Å². The van der Waals surface area contributed by atoms with E-state index in [0.717, 1.165) is 42.7 Å². The highest BCUT2D eigenvalue weighted by atomic mass is 16.5. The number of amides is 1. The van der Waals surface area contributed by atoms with Crippen molar-refractivity contribution in [3.63, 3.8) is 0 Å². The summed E-state index contributed by atoms with van der Waals surface area (Å²) >= 11 is 0. The second-order valence-corrected chi connectivity index (χ2v) is 5.60. The molecule has 0 spiro atoms. The molecule has 102 valence electrons. The van der Waals surface area contributed by atoms with Gasteiger partial charge in [-0.05, 0) is 42.5 Å². The van der Waals surface area contributed by atoms with E-state index in [9.17, 15) is 9.90 Å². The molecule has 19 heavy (non-hydrogen) atoms. The number of benzene rings is 1. The second-order valence-electron chi connectivity index (χ2n) is 5.60. The topological polar surface area (TPSA) is 49.8 Å². The molecule has 1 heterocycles. The number of hydrogen-bond acceptors (Lipinski definition) is 3. The van der Waals surface area contributed by atoms with Crippen LogP contribution in [-0.2, 0) is 6.42 Å². The molecule has 0 radical (unpaired) electrons. The Morgan fingerprint density at radius 3 is 3.00 bits per heavy atom. The average Bonchev–Trinajstić information content (AvgIpc) is 2.83. The number of aliphatic hydroxyl groups is 1. The van der Waals surface area contributed by atoms with Crippen LogP contribution in [0.4, 0.5) is 0 Å². The highest BCUT2D eigenvalue weighted by Gasteiger charge is 2.29. The zero-order valence-corrected chi connectivity index (χ0v) is 11.1. The van der Waals surface area contributed by atoms with E-state index in [0.29, 0.717) is 12.5 Å². The minimum Gasteiger partial charge on any atom is -0.493 e. The van der Waals surface area contributed by atoms with Crippen molar-refractivity contribution >= 4 is 5.91 Å². The Morgan fingerprint density at radius 2 is 2.26 bits per heavy atom. The van der Waals surface area contributed by atoms with Crippen LogP contribution in [0, 0.1) is 5.92 Å². The van der Waals surface area contributed by atoms with Crippen molar-refractivity contribution in [2.45, 2.75) is 25.4 Å². The smallest absolute Gasteiger partial charge is 0.253 e. The molecule has 4 nitrogen and oxygen atoms in total. The Labute approximate surface area is 113 Å². The van der Waals surface area contributed by atoms with Crippen molar-refractivity contribution < 1.29 is 14.6 Å². The van der Waals surface area contributed by atoms with Crippen molar-refractivity contribution in [3.05, 3.63) is 29.3 Å². The molecule has 0 bridgehead atoms. The summed E-state index contributed by atoms with van der Waals surface area (Å²) < 4.78 is 5.44. The van der Waals surface area contributed by atoms with Gasteiger partial charge in [-0.25, -0.2) is 0 Å². The van der Waals surface area contributed by atoms with Crippen LogP contribution >= 0.6 is 0 Å². The van der Waals surface area contributed by atoms with E-state index in [1.165, 1.54) is 0 Å². The molecule has 1 fully saturated rings. The predicted molar refractivity (Wildman–Crippen MR) is 71.3 cm³/mol. The number of fused-ring (bicyclic) bond motifs is 1. The summed E-state index contributed by atoms with van der Waals surface area (Å²) in [6.07, 6.45) is 2.35. The number of hydrogen-bond donors (Lipinski definition) is 1. The van der Waals surface area contributed by atoms with Crippen LogP contribution in [0.1, 0.15) is 28.8 Å². The lowest BCUT2D eigenvalue weighted by molar-refractivity contribution is 0.0265. The largest absolute Gasteiger partial charge is 0.493 e. The van der Waals surface area contributed by atoms with Gasteiger partial charge in [0.1, 0.15) is 5.75 Å². The molecule has 1 aliphatic carbocycles. The van der Waals surface area contributed by atoms with Crippen molar-refractivity contribution in [1.82, 2.24) is 4.90 Å². The molecule has 1 aliphatic heterocycles. The van der Waals surface area contributed by atoms with Crippen LogP contribution in [0.15, 0.2) is 18.2 Å². The van der Waals surface area contributed by atoms with Crippen LogP contribution in [0.2, 0.25) is 0 Å². The van der Waals surface area contributed by atoms with E-state index in [-0.39, 0.29) is 12.0 Å². The Kier molecular flexibility index (Phi) is 3.19. The van der Waals surface area contributed by atoms with Gasteiger partial charge in [-0.3, -0.25) is 4.79 Å². The molecule has 1 aromatic carbocycles. The van der Waals surface area contributed by atoms with E-state index < -0.39 is 0 Å². The monoisotopic (exact) mass is 261 g/mol. The average molecular weight is 261 g/mol. The van der Waals surface area contributed by atoms with E-state index in [4.69, 9.17) is 4.74 Å². The van der Waals surface area contributed by atoms with Crippen molar-refractivity contribution in [2.24, 2.45) is 5.92 Å². The molecular formula is C15H19NO3. The van der Waals surface area contributed by atoms with Gasteiger partial charge in [0.25, 0.3) is 5.91 Å². The first-order chi connectivity index (χ1) is 9.13. The van der Waals surface area contributed by atoms with Gasteiger partial charge in [-0.15, -0.1) is 0 Å². The molecule has 1 aromatic rings. The molecular weight excluding hydrogens is 242 g/mol. The molecule has 0 atom stereocenters. The lowest BCUT2D eigenvalue weighted by Crippen LogP contribution is -2.39. The van der Waals surface area contributed by atoms with Crippen LogP contribution in [0.3, 0.4) is 0 Å². The van der Waals surface area contributed by atoms with Gasteiger partial charge in [0.05, 0.1) is 12.7 Å². The predicted octanol–water partition coefficient (Wildman–Crippen LogP) is 1.46. The first kappa shape index (κ1) is 12.5. The van der Waals surface area contributed by atoms with Gasteiger partial charge in [0.2, 0.25) is 0 Å². The van der Waals surface area contributed by atoms with Crippen molar-refractivity contribution in [2.75, 3.05) is 20.2 Å². The standard InChI is InChI=1S/C15H19NO3/c1-16(9-10-6-13(17)7-10)15(18)12-2-3-14-11(8-12)4-5-19-14/h2-3,8,10,13,17H,4-7,9H2,1H3. The van der Waals surface area contributed by atoms with Crippen LogP contribution < -0.4 is 4.74 Å². The van der Waals surface area contributed by atoms with Crippen LogP contribution in [0.5, 0.6) is 5.75 Å². The van der Waals surface area contributed by atoms with Crippen molar-refractivity contribution in [1.29, 1.82) is 0 Å². The lowest BCUT2D eigenvalue weighted by Gasteiger charge is -2.34. The Balaban J connectivity index is 1.66. The van der Waals surface area contributed by atoms with E-state index in [2.05, 4.69) is 0 Å². The maximum absolute atomic E-state index is 12.3. The minimum atomic E-state index is -0.161. The summed E-state index contributed by atoms with van der Waals surface area (Å²) in [7, 11) is 1.83. The summed E-state index contributed by atoms with van der Waals surface area (Å²) in [5, 5.41) is 9.28. The number of rotatable bonds is 3. The van der Waals surface area contributed by atoms with Gasteiger partial charge in [0, 0.05) is 25.6 Å². The van der Waals surface area contributed by atoms with Gasteiger partial charge in [0.15, 0.2) is 0 Å².